The van der Waals surface area contributed by atoms with Crippen LogP contribution in [0.5, 0.6) is 0 Å². The molecule has 0 atom stereocenters. The van der Waals surface area contributed by atoms with Crippen molar-refractivity contribution in [3.8, 4) is 10.6 Å². The van der Waals surface area contributed by atoms with E-state index in [9.17, 15) is 0 Å². The van der Waals surface area contributed by atoms with Gasteiger partial charge in [-0.1, -0.05) is 22.9 Å². The van der Waals surface area contributed by atoms with Gasteiger partial charge in [0.25, 0.3) is 0 Å². The molecule has 0 radical (unpaired) electrons. The maximum atomic E-state index is 5.73. The first-order valence-electron chi connectivity index (χ1n) is 3.59. The van der Waals surface area contributed by atoms with Crippen molar-refractivity contribution in [2.75, 3.05) is 5.73 Å². The predicted octanol–water partition coefficient (Wildman–Crippen LogP) is 2.86. The number of hydrogen-bond donors (Lipinski definition) is 1. The Balaban J connectivity index is 0.000000980. The van der Waals surface area contributed by atoms with Gasteiger partial charge in [-0.25, -0.2) is 4.98 Å². The van der Waals surface area contributed by atoms with Crippen LogP contribution in [0.4, 0.5) is 5.00 Å². The van der Waals surface area contributed by atoms with Crippen LogP contribution in [0.15, 0.2) is 24.5 Å². The lowest BCUT2D eigenvalue weighted by Gasteiger charge is -1.91. The van der Waals surface area contributed by atoms with Gasteiger partial charge in [0.1, 0.15) is 10.0 Å². The summed E-state index contributed by atoms with van der Waals surface area (Å²) in [5, 5.41) is 1.71. The fraction of sp³-hybridized carbons (Fsp3) is 0. The average Bonchev–Trinajstić information content (AvgIpc) is 2.49. The fourth-order valence-corrected chi connectivity index (χ4v) is 1.89. The van der Waals surface area contributed by atoms with Crippen molar-refractivity contribution in [1.82, 2.24) is 9.97 Å². The second-order valence-electron chi connectivity index (χ2n) is 2.42. The number of anilines is 1. The third-order valence-corrected chi connectivity index (χ3v) is 2.85. The summed E-state index contributed by atoms with van der Waals surface area (Å²) in [5.74, 6) is 0. The number of nitrogens with two attached hydrogens (primary N) is 1. The normalized spacial score (nSPS) is 9.50. The summed E-state index contributed by atoms with van der Waals surface area (Å²) in [6.45, 7) is 0. The first-order valence-corrected chi connectivity index (χ1v) is 4.79. The van der Waals surface area contributed by atoms with E-state index >= 15 is 0 Å². The van der Waals surface area contributed by atoms with Gasteiger partial charge in [0.15, 0.2) is 5.15 Å². The lowest BCUT2D eigenvalue weighted by Crippen LogP contribution is -1.77. The number of aromatic nitrogens is 2. The van der Waals surface area contributed by atoms with Crippen molar-refractivity contribution in [2.45, 2.75) is 0 Å². The van der Waals surface area contributed by atoms with E-state index in [4.69, 9.17) is 17.3 Å². The largest absolute Gasteiger partial charge is 0.388 e. The summed E-state index contributed by atoms with van der Waals surface area (Å²) in [7, 11) is 0. The molecule has 0 fully saturated rings. The first-order chi connectivity index (χ1) is 6.27. The number of nitrogen functional groups attached to an aromatic ring is 1. The molecule has 2 N–H and O–H groups in total. The maximum Gasteiger partial charge on any atom is 0.164 e. The average molecular weight is 248 g/mol. The van der Waals surface area contributed by atoms with E-state index in [2.05, 4.69) is 9.97 Å². The Morgan fingerprint density at radius 3 is 2.71 bits per heavy atom. The second-order valence-corrected chi connectivity index (χ2v) is 3.80. The molecule has 0 unspecified atom stereocenters. The SMILES string of the molecule is Cl.Nc1sc(-c2cccnc2)nc1Cl. The van der Waals surface area contributed by atoms with E-state index in [1.807, 2.05) is 12.1 Å². The van der Waals surface area contributed by atoms with Crippen molar-refractivity contribution in [3.63, 3.8) is 0 Å². The molecule has 2 rings (SSSR count). The Kier molecular flexibility index (Phi) is 3.69. The highest BCUT2D eigenvalue weighted by Crippen LogP contribution is 2.31. The van der Waals surface area contributed by atoms with Crippen LogP contribution < -0.4 is 5.73 Å². The highest BCUT2D eigenvalue weighted by molar-refractivity contribution is 7.19. The number of hydrogen-bond acceptors (Lipinski definition) is 4. The Bertz CT molecular complexity index is 396. The summed E-state index contributed by atoms with van der Waals surface area (Å²) in [4.78, 5) is 8.08. The van der Waals surface area contributed by atoms with E-state index in [1.165, 1.54) is 11.3 Å². The molecule has 0 spiro atoms. The molecular formula is C8H7Cl2N3S. The summed E-state index contributed by atoms with van der Waals surface area (Å²) in [6, 6.07) is 3.77. The molecule has 2 aromatic heterocycles. The summed E-state index contributed by atoms with van der Waals surface area (Å²) in [5.41, 5.74) is 6.52. The van der Waals surface area contributed by atoms with Gasteiger partial charge in [0, 0.05) is 18.0 Å². The molecule has 0 aliphatic carbocycles. The van der Waals surface area contributed by atoms with Gasteiger partial charge in [-0.2, -0.15) is 0 Å². The van der Waals surface area contributed by atoms with E-state index in [1.54, 1.807) is 12.4 Å². The third-order valence-electron chi connectivity index (χ3n) is 1.52. The van der Waals surface area contributed by atoms with Crippen LogP contribution in [0.25, 0.3) is 10.6 Å². The molecule has 0 bridgehead atoms. The number of nitrogens with zero attached hydrogens (tertiary/aromatic N) is 2. The van der Waals surface area contributed by atoms with Gasteiger partial charge in [-0.3, -0.25) is 4.98 Å². The Labute approximate surface area is 96.4 Å². The van der Waals surface area contributed by atoms with Gasteiger partial charge in [0.05, 0.1) is 0 Å². The van der Waals surface area contributed by atoms with Crippen molar-refractivity contribution in [3.05, 3.63) is 29.7 Å². The van der Waals surface area contributed by atoms with Crippen LogP contribution in [0, 0.1) is 0 Å². The molecule has 0 aromatic carbocycles. The summed E-state index contributed by atoms with van der Waals surface area (Å²) >= 11 is 7.10. The van der Waals surface area contributed by atoms with E-state index in [-0.39, 0.29) is 12.4 Å². The predicted molar refractivity (Wildman–Crippen MR) is 62.0 cm³/mol. The lowest BCUT2D eigenvalue weighted by atomic mass is 10.3. The van der Waals surface area contributed by atoms with Crippen LogP contribution >= 0.6 is 35.3 Å². The molecule has 0 aliphatic heterocycles. The van der Waals surface area contributed by atoms with Gasteiger partial charge < -0.3 is 5.73 Å². The van der Waals surface area contributed by atoms with E-state index in [0.717, 1.165) is 10.6 Å². The fourth-order valence-electron chi connectivity index (χ4n) is 0.926. The van der Waals surface area contributed by atoms with Crippen molar-refractivity contribution in [2.24, 2.45) is 0 Å². The molecule has 0 amide bonds. The van der Waals surface area contributed by atoms with E-state index < -0.39 is 0 Å². The highest BCUT2D eigenvalue weighted by Gasteiger charge is 2.07. The smallest absolute Gasteiger partial charge is 0.164 e. The van der Waals surface area contributed by atoms with Gasteiger partial charge in [-0.05, 0) is 12.1 Å². The zero-order valence-corrected chi connectivity index (χ0v) is 9.36. The van der Waals surface area contributed by atoms with Crippen LogP contribution in [0.1, 0.15) is 0 Å². The molecule has 0 saturated heterocycles. The van der Waals surface area contributed by atoms with Crippen LogP contribution in [0.3, 0.4) is 0 Å². The van der Waals surface area contributed by atoms with Gasteiger partial charge in [-0.15, -0.1) is 12.4 Å². The zero-order valence-electron chi connectivity index (χ0n) is 6.98. The molecule has 0 saturated carbocycles. The van der Waals surface area contributed by atoms with E-state index in [0.29, 0.717) is 10.2 Å². The third kappa shape index (κ3) is 2.15. The minimum Gasteiger partial charge on any atom is -0.388 e. The van der Waals surface area contributed by atoms with Crippen LogP contribution in [-0.4, -0.2) is 9.97 Å². The highest BCUT2D eigenvalue weighted by atomic mass is 35.5. The summed E-state index contributed by atoms with van der Waals surface area (Å²) < 4.78 is 0. The van der Waals surface area contributed by atoms with Crippen LogP contribution in [0.2, 0.25) is 5.15 Å². The summed E-state index contributed by atoms with van der Waals surface area (Å²) in [6.07, 6.45) is 3.44. The molecule has 6 heteroatoms. The number of pyridine rings is 1. The standard InChI is InChI=1S/C8H6ClN3S.ClH/c9-6-7(10)13-8(12-6)5-2-1-3-11-4-5;/h1-4H,10H2;1H. The topological polar surface area (TPSA) is 51.8 Å². The number of halogens is 2. The molecular weight excluding hydrogens is 241 g/mol. The molecule has 74 valence electrons. The first kappa shape index (κ1) is 11.2. The Morgan fingerprint density at radius 2 is 2.21 bits per heavy atom. The zero-order chi connectivity index (χ0) is 9.26. The molecule has 14 heavy (non-hydrogen) atoms. The van der Waals surface area contributed by atoms with Gasteiger partial charge >= 0.3 is 0 Å². The molecule has 0 aliphatic rings. The molecule has 3 nitrogen and oxygen atoms in total. The number of thiazole rings is 1. The lowest BCUT2D eigenvalue weighted by molar-refractivity contribution is 1.31. The maximum absolute atomic E-state index is 5.73. The van der Waals surface area contributed by atoms with Gasteiger partial charge in [0.2, 0.25) is 0 Å². The number of rotatable bonds is 1. The monoisotopic (exact) mass is 247 g/mol. The second kappa shape index (κ2) is 4.59. The quantitative estimate of drug-likeness (QED) is 0.844. The Morgan fingerprint density at radius 1 is 1.43 bits per heavy atom. The minimum absolute atomic E-state index is 0. The Hall–Kier alpha value is -0.840. The molecule has 2 aromatic rings. The van der Waals surface area contributed by atoms with Crippen molar-refractivity contribution < 1.29 is 0 Å². The van der Waals surface area contributed by atoms with Crippen LogP contribution in [-0.2, 0) is 0 Å². The van der Waals surface area contributed by atoms with Crippen molar-refractivity contribution in [1.29, 1.82) is 0 Å². The van der Waals surface area contributed by atoms with Crippen molar-refractivity contribution >= 4 is 40.3 Å². The molecule has 2 heterocycles. The minimum atomic E-state index is 0.